The Labute approximate surface area is 431 Å². The smallest absolute Gasteiger partial charge is 0.306 e. The molecule has 6 nitrogen and oxygen atoms in total. The molecule has 1 unspecified atom stereocenters. The molecular formula is C64H104O6. The minimum atomic E-state index is -0.788. The normalized spacial score (nSPS) is 13.0. The van der Waals surface area contributed by atoms with Gasteiger partial charge in [-0.3, -0.25) is 14.4 Å². The van der Waals surface area contributed by atoms with Crippen molar-refractivity contribution < 1.29 is 28.6 Å². The lowest BCUT2D eigenvalue weighted by Crippen LogP contribution is -2.30. The van der Waals surface area contributed by atoms with Gasteiger partial charge in [-0.05, 0) is 109 Å². The maximum Gasteiger partial charge on any atom is 0.306 e. The lowest BCUT2D eigenvalue weighted by atomic mass is 10.1. The van der Waals surface area contributed by atoms with Gasteiger partial charge in [0, 0.05) is 19.3 Å². The fourth-order valence-electron chi connectivity index (χ4n) is 7.41. The first-order valence-corrected chi connectivity index (χ1v) is 28.5. The number of hydrogen-bond acceptors (Lipinski definition) is 6. The van der Waals surface area contributed by atoms with Crippen molar-refractivity contribution in [2.45, 2.75) is 252 Å². The third-order valence-corrected chi connectivity index (χ3v) is 11.7. The quantitative estimate of drug-likeness (QED) is 0.0262. The van der Waals surface area contributed by atoms with Gasteiger partial charge in [0.15, 0.2) is 6.10 Å². The van der Waals surface area contributed by atoms with Crippen molar-refractivity contribution in [1.29, 1.82) is 0 Å². The summed E-state index contributed by atoms with van der Waals surface area (Å²) in [6.45, 7) is 6.42. The maximum atomic E-state index is 12.7. The van der Waals surface area contributed by atoms with Crippen LogP contribution in [0.2, 0.25) is 0 Å². The molecule has 0 amide bonds. The summed E-state index contributed by atoms with van der Waals surface area (Å²) in [4.78, 5) is 37.8. The van der Waals surface area contributed by atoms with E-state index in [4.69, 9.17) is 14.2 Å². The van der Waals surface area contributed by atoms with E-state index < -0.39 is 6.10 Å². The summed E-state index contributed by atoms with van der Waals surface area (Å²) in [5, 5.41) is 0. The van der Waals surface area contributed by atoms with E-state index in [1.54, 1.807) is 0 Å². The number of rotatable bonds is 50. The second-order valence-corrected chi connectivity index (χ2v) is 18.5. The van der Waals surface area contributed by atoms with E-state index in [1.165, 1.54) is 57.8 Å². The number of esters is 3. The minimum absolute atomic E-state index is 0.0883. The van der Waals surface area contributed by atoms with Crippen molar-refractivity contribution in [1.82, 2.24) is 0 Å². The molecule has 0 aliphatic heterocycles. The van der Waals surface area contributed by atoms with Gasteiger partial charge in [0.25, 0.3) is 0 Å². The van der Waals surface area contributed by atoms with Gasteiger partial charge in [-0.2, -0.15) is 0 Å². The van der Waals surface area contributed by atoms with Gasteiger partial charge in [0.05, 0.1) is 0 Å². The van der Waals surface area contributed by atoms with Crippen LogP contribution in [0, 0.1) is 0 Å². The molecule has 0 rings (SSSR count). The largest absolute Gasteiger partial charge is 0.462 e. The van der Waals surface area contributed by atoms with Gasteiger partial charge in [0.1, 0.15) is 13.2 Å². The zero-order valence-electron chi connectivity index (χ0n) is 45.2. The first-order chi connectivity index (χ1) is 34.5. The third-order valence-electron chi connectivity index (χ3n) is 11.7. The number of ether oxygens (including phenoxy) is 3. The van der Waals surface area contributed by atoms with Crippen LogP contribution in [0.1, 0.15) is 245 Å². The molecule has 0 fully saturated rings. The SMILES string of the molecule is CC/C=C\C/C=C\C/C=C\C/C=C\C/C=C\C/C=C\C/C=C\C/C=C\C/C=C\CCCCCCCC(=O)OCC(COC(=O)CCCCCCCCCC)OC(=O)CCCCCCC/C=C\CCCC. The van der Waals surface area contributed by atoms with Crippen LogP contribution >= 0.6 is 0 Å². The lowest BCUT2D eigenvalue weighted by Gasteiger charge is -2.18. The molecule has 0 aromatic heterocycles. The minimum Gasteiger partial charge on any atom is -0.462 e. The number of hydrogen-bond donors (Lipinski definition) is 0. The van der Waals surface area contributed by atoms with Crippen LogP contribution in [0.4, 0.5) is 0 Å². The molecule has 0 N–H and O–H groups in total. The summed E-state index contributed by atoms with van der Waals surface area (Å²) in [5.41, 5.74) is 0. The predicted molar refractivity (Wildman–Crippen MR) is 302 cm³/mol. The molecule has 0 heterocycles. The van der Waals surface area contributed by atoms with E-state index in [9.17, 15) is 14.4 Å². The van der Waals surface area contributed by atoms with Gasteiger partial charge in [0.2, 0.25) is 0 Å². The van der Waals surface area contributed by atoms with E-state index in [0.717, 1.165) is 148 Å². The second kappa shape index (κ2) is 57.4. The van der Waals surface area contributed by atoms with Gasteiger partial charge in [-0.15, -0.1) is 0 Å². The Morgan fingerprint density at radius 1 is 0.300 bits per heavy atom. The van der Waals surface area contributed by atoms with Crippen LogP contribution in [0.3, 0.4) is 0 Å². The Balaban J connectivity index is 4.18. The van der Waals surface area contributed by atoms with Crippen molar-refractivity contribution in [3.8, 4) is 0 Å². The number of carbonyl (C=O) groups is 3. The molecule has 0 saturated heterocycles. The van der Waals surface area contributed by atoms with Crippen LogP contribution in [-0.4, -0.2) is 37.2 Å². The standard InChI is InChI=1S/C64H104O6/c1-4-7-10-13-16-19-21-22-23-24-25-26-27-28-29-30-31-32-33-34-35-36-37-38-39-40-41-42-44-45-48-51-54-57-63(66)69-60-61(59-68-62(65)56-53-50-47-18-15-12-9-6-3)70-64(67)58-55-52-49-46-43-20-17-14-11-8-5-2/h7,10,14,16-17,19,22-23,25-26,28-29,31-32,34-35,37-38,40-41,61H,4-6,8-9,11-13,15,18,20-21,24,27,30,33,36,39,42-60H2,1-3H3/b10-7-,17-14-,19-16-,23-22-,26-25-,29-28-,32-31-,35-34-,38-37-,41-40-. The highest BCUT2D eigenvalue weighted by Gasteiger charge is 2.19. The molecule has 6 heteroatoms. The first kappa shape index (κ1) is 65.8. The summed E-state index contributed by atoms with van der Waals surface area (Å²) in [5.74, 6) is -0.928. The second-order valence-electron chi connectivity index (χ2n) is 18.5. The van der Waals surface area contributed by atoms with Gasteiger partial charge >= 0.3 is 17.9 Å². The van der Waals surface area contributed by atoms with E-state index in [2.05, 4.69) is 142 Å². The molecule has 0 aliphatic carbocycles. The fourth-order valence-corrected chi connectivity index (χ4v) is 7.41. The van der Waals surface area contributed by atoms with Crippen LogP contribution in [0.15, 0.2) is 122 Å². The molecule has 396 valence electrons. The van der Waals surface area contributed by atoms with Crippen molar-refractivity contribution in [3.63, 3.8) is 0 Å². The Kier molecular flexibility index (Phi) is 54.0. The van der Waals surface area contributed by atoms with Gasteiger partial charge in [-0.25, -0.2) is 0 Å². The fraction of sp³-hybridized carbons (Fsp3) is 0.641. The van der Waals surface area contributed by atoms with Crippen LogP contribution in [0.25, 0.3) is 0 Å². The van der Waals surface area contributed by atoms with E-state index in [-0.39, 0.29) is 31.1 Å². The molecule has 70 heavy (non-hydrogen) atoms. The summed E-state index contributed by atoms with van der Waals surface area (Å²) >= 11 is 0. The summed E-state index contributed by atoms with van der Waals surface area (Å²) < 4.78 is 16.7. The van der Waals surface area contributed by atoms with Crippen molar-refractivity contribution in [3.05, 3.63) is 122 Å². The molecule has 0 radical (unpaired) electrons. The highest BCUT2D eigenvalue weighted by Crippen LogP contribution is 2.13. The number of carbonyl (C=O) groups excluding carboxylic acids is 3. The van der Waals surface area contributed by atoms with Crippen LogP contribution in [0.5, 0.6) is 0 Å². The highest BCUT2D eigenvalue weighted by atomic mass is 16.6. The molecular weight excluding hydrogens is 865 g/mol. The van der Waals surface area contributed by atoms with Crippen molar-refractivity contribution >= 4 is 17.9 Å². The Morgan fingerprint density at radius 3 is 0.929 bits per heavy atom. The zero-order valence-corrected chi connectivity index (χ0v) is 45.2. The molecule has 0 aromatic rings. The Hall–Kier alpha value is -4.19. The molecule has 0 aromatic carbocycles. The number of unbranched alkanes of at least 4 members (excludes halogenated alkanes) is 19. The molecule has 0 aliphatic rings. The topological polar surface area (TPSA) is 78.9 Å². The van der Waals surface area contributed by atoms with E-state index >= 15 is 0 Å². The Morgan fingerprint density at radius 2 is 0.571 bits per heavy atom. The summed E-state index contributed by atoms with van der Waals surface area (Å²) in [6, 6.07) is 0. The molecule has 0 saturated carbocycles. The van der Waals surface area contributed by atoms with Gasteiger partial charge in [-0.1, -0.05) is 239 Å². The van der Waals surface area contributed by atoms with Crippen molar-refractivity contribution in [2.75, 3.05) is 13.2 Å². The number of allylic oxidation sites excluding steroid dienone is 20. The zero-order chi connectivity index (χ0) is 50.7. The van der Waals surface area contributed by atoms with E-state index in [1.807, 2.05) is 0 Å². The van der Waals surface area contributed by atoms with Crippen LogP contribution in [-0.2, 0) is 28.6 Å². The van der Waals surface area contributed by atoms with Crippen molar-refractivity contribution in [2.24, 2.45) is 0 Å². The third kappa shape index (κ3) is 54.7. The van der Waals surface area contributed by atoms with Crippen LogP contribution < -0.4 is 0 Å². The average Bonchev–Trinajstić information content (AvgIpc) is 3.36. The Bertz CT molecular complexity index is 1490. The first-order valence-electron chi connectivity index (χ1n) is 28.5. The molecule has 1 atom stereocenters. The maximum absolute atomic E-state index is 12.7. The highest BCUT2D eigenvalue weighted by molar-refractivity contribution is 5.71. The lowest BCUT2D eigenvalue weighted by molar-refractivity contribution is -0.167. The molecule has 0 spiro atoms. The average molecular weight is 970 g/mol. The monoisotopic (exact) mass is 969 g/mol. The summed E-state index contributed by atoms with van der Waals surface area (Å²) in [6.07, 6.45) is 79.3. The van der Waals surface area contributed by atoms with E-state index in [0.29, 0.717) is 19.3 Å². The predicted octanol–water partition coefficient (Wildman–Crippen LogP) is 19.3. The summed E-state index contributed by atoms with van der Waals surface area (Å²) in [7, 11) is 0. The molecule has 0 bridgehead atoms. The van der Waals surface area contributed by atoms with Gasteiger partial charge < -0.3 is 14.2 Å².